The quantitative estimate of drug-likeness (QED) is 0.774. The molecule has 1 amide bonds. The molecule has 1 fully saturated rings. The highest BCUT2D eigenvalue weighted by atomic mass is 19.3. The summed E-state index contributed by atoms with van der Waals surface area (Å²) < 4.78 is 27.3. The van der Waals surface area contributed by atoms with Gasteiger partial charge in [0.2, 0.25) is 5.91 Å². The van der Waals surface area contributed by atoms with Gasteiger partial charge in [-0.25, -0.2) is 8.78 Å². The number of halogens is 2. The van der Waals surface area contributed by atoms with Crippen LogP contribution < -0.4 is 5.32 Å². The van der Waals surface area contributed by atoms with Crippen molar-refractivity contribution in [3.05, 3.63) is 77.9 Å². The van der Waals surface area contributed by atoms with E-state index >= 15 is 0 Å². The van der Waals surface area contributed by atoms with Crippen LogP contribution >= 0.6 is 0 Å². The van der Waals surface area contributed by atoms with Gasteiger partial charge in [-0.3, -0.25) is 4.79 Å². The summed E-state index contributed by atoms with van der Waals surface area (Å²) in [5.74, 6) is -2.94. The van der Waals surface area contributed by atoms with Crippen molar-refractivity contribution in [3.8, 4) is 0 Å². The first-order valence-electron chi connectivity index (χ1n) is 9.00. The Balaban J connectivity index is 1.87. The fourth-order valence-electron chi connectivity index (χ4n) is 3.51. The maximum atomic E-state index is 13.6. The summed E-state index contributed by atoms with van der Waals surface area (Å²) >= 11 is 0. The molecule has 142 valence electrons. The van der Waals surface area contributed by atoms with Gasteiger partial charge in [0.05, 0.1) is 6.04 Å². The molecule has 0 radical (unpaired) electrons. The van der Waals surface area contributed by atoms with E-state index in [9.17, 15) is 13.6 Å². The lowest BCUT2D eigenvalue weighted by atomic mass is 9.93. The molecule has 1 N–H and O–H groups in total. The number of aryl methyl sites for hydroxylation is 1. The first-order valence-corrected chi connectivity index (χ1v) is 9.00. The van der Waals surface area contributed by atoms with Crippen LogP contribution in [-0.4, -0.2) is 29.9 Å². The SMILES string of the molecule is C=CC(=O)N1C[C@@H](Nc2cccc(C(C)(F)F)c2)[C@H](c2ccc(C)cc2)C1. The second-order valence-electron chi connectivity index (χ2n) is 7.18. The molecule has 5 heteroatoms. The second-order valence-corrected chi connectivity index (χ2v) is 7.18. The predicted molar refractivity (Wildman–Crippen MR) is 104 cm³/mol. The topological polar surface area (TPSA) is 32.3 Å². The van der Waals surface area contributed by atoms with Crippen LogP contribution in [0.3, 0.4) is 0 Å². The molecule has 0 bridgehead atoms. The van der Waals surface area contributed by atoms with Gasteiger partial charge in [-0.15, -0.1) is 0 Å². The van der Waals surface area contributed by atoms with Gasteiger partial charge >= 0.3 is 0 Å². The Morgan fingerprint density at radius 2 is 1.93 bits per heavy atom. The van der Waals surface area contributed by atoms with Crippen molar-refractivity contribution in [1.29, 1.82) is 0 Å². The van der Waals surface area contributed by atoms with Gasteiger partial charge in [-0.1, -0.05) is 48.5 Å². The van der Waals surface area contributed by atoms with Crippen LogP contribution in [0.5, 0.6) is 0 Å². The van der Waals surface area contributed by atoms with E-state index in [-0.39, 0.29) is 23.4 Å². The normalized spacial score (nSPS) is 19.8. The van der Waals surface area contributed by atoms with E-state index in [0.29, 0.717) is 18.8 Å². The van der Waals surface area contributed by atoms with Crippen molar-refractivity contribution in [2.75, 3.05) is 18.4 Å². The van der Waals surface area contributed by atoms with E-state index in [2.05, 4.69) is 24.0 Å². The van der Waals surface area contributed by atoms with E-state index < -0.39 is 5.92 Å². The number of likely N-dealkylation sites (tertiary alicyclic amines) is 1. The Hall–Kier alpha value is -2.69. The first kappa shape index (κ1) is 19.1. The molecule has 1 heterocycles. The van der Waals surface area contributed by atoms with Crippen molar-refractivity contribution in [1.82, 2.24) is 4.90 Å². The fraction of sp³-hybridized carbons (Fsp3) is 0.318. The third kappa shape index (κ3) is 4.35. The van der Waals surface area contributed by atoms with Gasteiger partial charge in [-0.05, 0) is 30.7 Å². The van der Waals surface area contributed by atoms with Crippen LogP contribution in [0.25, 0.3) is 0 Å². The van der Waals surface area contributed by atoms with Crippen molar-refractivity contribution in [2.24, 2.45) is 0 Å². The predicted octanol–water partition coefficient (Wildman–Crippen LogP) is 4.70. The Morgan fingerprint density at radius 3 is 2.56 bits per heavy atom. The van der Waals surface area contributed by atoms with Crippen molar-refractivity contribution in [2.45, 2.75) is 31.7 Å². The van der Waals surface area contributed by atoms with E-state index in [1.165, 1.54) is 18.2 Å². The van der Waals surface area contributed by atoms with Crippen LogP contribution in [0.15, 0.2) is 61.2 Å². The Morgan fingerprint density at radius 1 is 1.22 bits per heavy atom. The first-order chi connectivity index (χ1) is 12.8. The van der Waals surface area contributed by atoms with Crippen LogP contribution in [0.1, 0.15) is 29.5 Å². The molecule has 0 aliphatic carbocycles. The molecule has 2 aromatic carbocycles. The maximum Gasteiger partial charge on any atom is 0.270 e. The zero-order valence-corrected chi connectivity index (χ0v) is 15.6. The number of alkyl halides is 2. The molecule has 3 rings (SSSR count). The highest BCUT2D eigenvalue weighted by molar-refractivity contribution is 5.87. The van der Waals surface area contributed by atoms with Crippen LogP contribution in [0, 0.1) is 6.92 Å². The van der Waals surface area contributed by atoms with Crippen LogP contribution in [0.4, 0.5) is 14.5 Å². The minimum Gasteiger partial charge on any atom is -0.380 e. The summed E-state index contributed by atoms with van der Waals surface area (Å²) in [6.45, 7) is 7.54. The molecular formula is C22H24F2N2O. The summed E-state index contributed by atoms with van der Waals surface area (Å²) in [5.41, 5.74) is 2.88. The molecule has 3 nitrogen and oxygen atoms in total. The number of anilines is 1. The van der Waals surface area contributed by atoms with Crippen molar-refractivity contribution >= 4 is 11.6 Å². The standard InChI is InChI=1S/C22H24F2N2O/c1-4-21(27)26-13-19(16-10-8-15(2)9-11-16)20(14-26)25-18-7-5-6-17(12-18)22(3,23)24/h4-12,19-20,25H,1,13-14H2,2-3H3/t19-,20+/m0/s1. The highest BCUT2D eigenvalue weighted by Crippen LogP contribution is 2.33. The molecule has 2 atom stereocenters. The number of benzene rings is 2. The number of nitrogens with one attached hydrogen (secondary N) is 1. The lowest BCUT2D eigenvalue weighted by Crippen LogP contribution is -2.30. The molecule has 1 aliphatic rings. The molecule has 0 unspecified atom stereocenters. The van der Waals surface area contributed by atoms with Crippen molar-refractivity contribution in [3.63, 3.8) is 0 Å². The average molecular weight is 370 g/mol. The molecule has 1 aliphatic heterocycles. The van der Waals surface area contributed by atoms with E-state index in [0.717, 1.165) is 18.1 Å². The lowest BCUT2D eigenvalue weighted by Gasteiger charge is -2.22. The summed E-state index contributed by atoms with van der Waals surface area (Å²) in [5, 5.41) is 3.36. The minimum atomic E-state index is -2.89. The summed E-state index contributed by atoms with van der Waals surface area (Å²) in [6.07, 6.45) is 1.31. The Kier molecular flexibility index (Phi) is 5.31. The fourth-order valence-corrected chi connectivity index (χ4v) is 3.51. The molecule has 2 aromatic rings. The number of carbonyl (C=O) groups excluding carboxylic acids is 1. The molecular weight excluding hydrogens is 346 g/mol. The molecule has 0 saturated carbocycles. The number of rotatable bonds is 5. The number of carbonyl (C=O) groups is 1. The minimum absolute atomic E-state index is 0.0311. The Labute approximate surface area is 158 Å². The van der Waals surface area contributed by atoms with Gasteiger partial charge in [0.15, 0.2) is 0 Å². The van der Waals surface area contributed by atoms with E-state index in [4.69, 9.17) is 0 Å². The van der Waals surface area contributed by atoms with E-state index in [1.54, 1.807) is 17.0 Å². The summed E-state index contributed by atoms with van der Waals surface area (Å²) in [7, 11) is 0. The van der Waals surface area contributed by atoms with Gasteiger partial charge in [0, 0.05) is 37.2 Å². The zero-order chi connectivity index (χ0) is 19.6. The van der Waals surface area contributed by atoms with Gasteiger partial charge < -0.3 is 10.2 Å². The Bertz CT molecular complexity index is 827. The maximum absolute atomic E-state index is 13.6. The van der Waals surface area contributed by atoms with Crippen LogP contribution in [-0.2, 0) is 10.7 Å². The number of hydrogen-bond acceptors (Lipinski definition) is 2. The monoisotopic (exact) mass is 370 g/mol. The number of hydrogen-bond donors (Lipinski definition) is 1. The van der Waals surface area contributed by atoms with Gasteiger partial charge in [0.25, 0.3) is 5.92 Å². The van der Waals surface area contributed by atoms with Gasteiger partial charge in [-0.2, -0.15) is 0 Å². The lowest BCUT2D eigenvalue weighted by molar-refractivity contribution is -0.125. The van der Waals surface area contributed by atoms with Crippen molar-refractivity contribution < 1.29 is 13.6 Å². The molecule has 0 spiro atoms. The second kappa shape index (κ2) is 7.51. The summed E-state index contributed by atoms with van der Waals surface area (Å²) in [6, 6.07) is 14.4. The smallest absolute Gasteiger partial charge is 0.270 e. The molecule has 0 aromatic heterocycles. The molecule has 27 heavy (non-hydrogen) atoms. The van der Waals surface area contributed by atoms with Gasteiger partial charge in [0.1, 0.15) is 0 Å². The zero-order valence-electron chi connectivity index (χ0n) is 15.6. The highest BCUT2D eigenvalue weighted by Gasteiger charge is 2.35. The summed E-state index contributed by atoms with van der Waals surface area (Å²) in [4.78, 5) is 13.9. The van der Waals surface area contributed by atoms with Crippen LogP contribution in [0.2, 0.25) is 0 Å². The average Bonchev–Trinajstić information content (AvgIpc) is 3.05. The number of amides is 1. The largest absolute Gasteiger partial charge is 0.380 e. The third-order valence-corrected chi connectivity index (χ3v) is 5.03. The molecule has 1 saturated heterocycles. The third-order valence-electron chi connectivity index (χ3n) is 5.03. The van der Waals surface area contributed by atoms with E-state index in [1.807, 2.05) is 19.1 Å². The number of nitrogens with zero attached hydrogens (tertiary/aromatic N) is 1.